The molecule has 30 heavy (non-hydrogen) atoms. The second kappa shape index (κ2) is 8.05. The molecule has 5 nitrogen and oxygen atoms in total. The largest absolute Gasteiger partial charge is 0.328 e. The highest BCUT2D eigenvalue weighted by atomic mass is 35.5. The number of carbonyl (C=O) groups is 1. The van der Waals surface area contributed by atoms with E-state index in [2.05, 4.69) is 5.32 Å². The lowest BCUT2D eigenvalue weighted by Gasteiger charge is -2.11. The summed E-state index contributed by atoms with van der Waals surface area (Å²) in [5.74, 6) is -0.263. The minimum Gasteiger partial charge on any atom is -0.322 e. The maximum atomic E-state index is 13.2. The van der Waals surface area contributed by atoms with Crippen LogP contribution in [0.3, 0.4) is 0 Å². The van der Waals surface area contributed by atoms with E-state index in [9.17, 15) is 9.59 Å². The Bertz CT molecular complexity index is 1330. The van der Waals surface area contributed by atoms with E-state index in [0.29, 0.717) is 16.3 Å². The van der Waals surface area contributed by atoms with Crippen molar-refractivity contribution in [1.82, 2.24) is 9.13 Å². The fourth-order valence-corrected chi connectivity index (χ4v) is 3.62. The fraction of sp³-hybridized carbons (Fsp3) is 0.0833. The first-order valence-corrected chi connectivity index (χ1v) is 9.82. The molecule has 0 saturated heterocycles. The Kier molecular flexibility index (Phi) is 5.29. The predicted octanol–water partition coefficient (Wildman–Crippen LogP) is 4.71. The third kappa shape index (κ3) is 3.67. The molecule has 1 amide bonds. The van der Waals surface area contributed by atoms with Gasteiger partial charge < -0.3 is 5.32 Å². The molecular weight excluding hydrogens is 398 g/mol. The lowest BCUT2D eigenvalue weighted by molar-refractivity contribution is -0.111. The highest BCUT2D eigenvalue weighted by Gasteiger charge is 2.15. The maximum absolute atomic E-state index is 13.2. The number of amides is 1. The number of rotatable bonds is 4. The van der Waals surface area contributed by atoms with Crippen LogP contribution in [-0.4, -0.2) is 15.0 Å². The first kappa shape index (κ1) is 19.7. The van der Waals surface area contributed by atoms with Crippen LogP contribution in [0, 0.1) is 0 Å². The molecule has 4 rings (SSSR count). The Morgan fingerprint density at radius 3 is 2.30 bits per heavy atom. The summed E-state index contributed by atoms with van der Waals surface area (Å²) in [6.45, 7) is 0. The molecule has 0 unspecified atom stereocenters. The normalized spacial score (nSPS) is 11.6. The van der Waals surface area contributed by atoms with Gasteiger partial charge in [-0.15, -0.1) is 0 Å². The number of benzene rings is 3. The number of hydrogen-bond donors (Lipinski definition) is 1. The second-order valence-electron chi connectivity index (χ2n) is 7.00. The zero-order chi connectivity index (χ0) is 21.3. The first-order valence-electron chi connectivity index (χ1n) is 9.44. The molecule has 3 aromatic carbocycles. The van der Waals surface area contributed by atoms with Gasteiger partial charge in [0.2, 0.25) is 0 Å². The van der Waals surface area contributed by atoms with Crippen LogP contribution in [0.2, 0.25) is 5.02 Å². The van der Waals surface area contributed by atoms with Gasteiger partial charge in [-0.05, 0) is 41.5 Å². The number of hydrogen-bond acceptors (Lipinski definition) is 2. The summed E-state index contributed by atoms with van der Waals surface area (Å²) in [5.41, 5.74) is 4.07. The molecule has 0 fully saturated rings. The fourth-order valence-electron chi connectivity index (χ4n) is 3.43. The average molecular weight is 418 g/mol. The number of imidazole rings is 1. The van der Waals surface area contributed by atoms with Crippen molar-refractivity contribution in [2.45, 2.75) is 0 Å². The first-order chi connectivity index (χ1) is 14.5. The minimum atomic E-state index is -0.263. The summed E-state index contributed by atoms with van der Waals surface area (Å²) in [6.07, 6.45) is 1.78. The Balaban J connectivity index is 1.74. The standard InChI is InChI=1S/C24H20ClN3O2/c1-27-21-13-12-18(15-22(21)28(2)24(27)30)26-23(29)19(16-8-4-3-5-9-16)14-17-10-6-7-11-20(17)25/h3-15H,1-2H3,(H,26,29)/b19-14+. The van der Waals surface area contributed by atoms with Crippen LogP contribution < -0.4 is 11.0 Å². The minimum absolute atomic E-state index is 0.114. The number of aryl methyl sites for hydroxylation is 2. The number of aromatic nitrogens is 2. The van der Waals surface area contributed by atoms with E-state index in [1.165, 1.54) is 0 Å². The van der Waals surface area contributed by atoms with Crippen molar-refractivity contribution in [1.29, 1.82) is 0 Å². The van der Waals surface area contributed by atoms with Crippen molar-refractivity contribution in [3.63, 3.8) is 0 Å². The summed E-state index contributed by atoms with van der Waals surface area (Å²) < 4.78 is 3.14. The zero-order valence-corrected chi connectivity index (χ0v) is 17.4. The molecule has 150 valence electrons. The van der Waals surface area contributed by atoms with Gasteiger partial charge in [0.1, 0.15) is 0 Å². The molecule has 1 N–H and O–H groups in total. The summed E-state index contributed by atoms with van der Waals surface area (Å²) in [6, 6.07) is 22.2. The SMILES string of the molecule is Cn1c(=O)n(C)c2cc(NC(=O)/C(=C/c3ccccc3Cl)c3ccccc3)ccc21. The van der Waals surface area contributed by atoms with Crippen LogP contribution in [0.1, 0.15) is 11.1 Å². The lowest BCUT2D eigenvalue weighted by atomic mass is 10.0. The molecule has 0 spiro atoms. The molecule has 0 aliphatic rings. The summed E-state index contributed by atoms with van der Waals surface area (Å²) >= 11 is 6.31. The highest BCUT2D eigenvalue weighted by Crippen LogP contribution is 2.25. The van der Waals surface area contributed by atoms with Crippen molar-refractivity contribution in [3.8, 4) is 0 Å². The van der Waals surface area contributed by atoms with Gasteiger partial charge in [0.25, 0.3) is 5.91 Å². The molecule has 4 aromatic rings. The van der Waals surface area contributed by atoms with Crippen molar-refractivity contribution in [2.24, 2.45) is 14.1 Å². The average Bonchev–Trinajstić information content (AvgIpc) is 2.97. The van der Waals surface area contributed by atoms with Gasteiger partial charge in [0.15, 0.2) is 0 Å². The summed E-state index contributed by atoms with van der Waals surface area (Å²) in [5, 5.41) is 3.52. The Hall–Kier alpha value is -3.57. The molecule has 6 heteroatoms. The van der Waals surface area contributed by atoms with E-state index < -0.39 is 0 Å². The van der Waals surface area contributed by atoms with Gasteiger partial charge in [0, 0.05) is 30.4 Å². The zero-order valence-electron chi connectivity index (χ0n) is 16.6. The molecule has 1 aromatic heterocycles. The van der Waals surface area contributed by atoms with E-state index in [0.717, 1.165) is 22.2 Å². The Labute approximate surface area is 178 Å². The van der Waals surface area contributed by atoms with Crippen molar-refractivity contribution >= 4 is 45.9 Å². The lowest BCUT2D eigenvalue weighted by Crippen LogP contribution is -2.19. The molecule has 0 aliphatic carbocycles. The molecule has 0 aliphatic heterocycles. The summed E-state index contributed by atoms with van der Waals surface area (Å²) in [4.78, 5) is 25.4. The van der Waals surface area contributed by atoms with E-state index in [-0.39, 0.29) is 11.6 Å². The number of nitrogens with one attached hydrogen (secondary N) is 1. The van der Waals surface area contributed by atoms with Crippen molar-refractivity contribution in [3.05, 3.63) is 99.4 Å². The molecule has 1 heterocycles. The van der Waals surface area contributed by atoms with Crippen LogP contribution in [0.25, 0.3) is 22.7 Å². The monoisotopic (exact) mass is 417 g/mol. The topological polar surface area (TPSA) is 56.0 Å². The smallest absolute Gasteiger partial charge is 0.322 e. The van der Waals surface area contributed by atoms with Crippen molar-refractivity contribution in [2.75, 3.05) is 5.32 Å². The van der Waals surface area contributed by atoms with Crippen molar-refractivity contribution < 1.29 is 4.79 Å². The van der Waals surface area contributed by atoms with E-state index in [1.807, 2.05) is 54.6 Å². The van der Waals surface area contributed by atoms with E-state index in [1.54, 1.807) is 47.5 Å². The van der Waals surface area contributed by atoms with Crippen LogP contribution in [-0.2, 0) is 18.9 Å². The molecule has 0 radical (unpaired) electrons. The number of anilines is 1. The van der Waals surface area contributed by atoms with E-state index >= 15 is 0 Å². The summed E-state index contributed by atoms with van der Waals surface area (Å²) in [7, 11) is 3.44. The third-order valence-corrected chi connectivity index (χ3v) is 5.41. The van der Waals surface area contributed by atoms with Crippen LogP contribution in [0.4, 0.5) is 5.69 Å². The quantitative estimate of drug-likeness (QED) is 0.386. The predicted molar refractivity (Wildman–Crippen MR) is 123 cm³/mol. The molecular formula is C24H20ClN3O2. The second-order valence-corrected chi connectivity index (χ2v) is 7.41. The molecule has 0 atom stereocenters. The van der Waals surface area contributed by atoms with Gasteiger partial charge in [-0.2, -0.15) is 0 Å². The number of carbonyl (C=O) groups excluding carboxylic acids is 1. The number of nitrogens with zero attached hydrogens (tertiary/aromatic N) is 2. The highest BCUT2D eigenvalue weighted by molar-refractivity contribution is 6.34. The Morgan fingerprint density at radius 2 is 1.57 bits per heavy atom. The van der Waals surface area contributed by atoms with E-state index in [4.69, 9.17) is 11.6 Å². The van der Waals surface area contributed by atoms with Gasteiger partial charge in [-0.25, -0.2) is 4.79 Å². The number of halogens is 1. The maximum Gasteiger partial charge on any atom is 0.328 e. The van der Waals surface area contributed by atoms with Crippen LogP contribution in [0.5, 0.6) is 0 Å². The molecule has 0 bridgehead atoms. The third-order valence-electron chi connectivity index (χ3n) is 5.06. The van der Waals surface area contributed by atoms with Gasteiger partial charge in [-0.3, -0.25) is 13.9 Å². The van der Waals surface area contributed by atoms with Crippen LogP contribution in [0.15, 0.2) is 77.6 Å². The Morgan fingerprint density at radius 1 is 0.900 bits per heavy atom. The van der Waals surface area contributed by atoms with Gasteiger partial charge in [0.05, 0.1) is 11.0 Å². The van der Waals surface area contributed by atoms with Gasteiger partial charge in [-0.1, -0.05) is 60.1 Å². The van der Waals surface area contributed by atoms with Crippen LogP contribution >= 0.6 is 11.6 Å². The number of fused-ring (bicyclic) bond motifs is 1. The van der Waals surface area contributed by atoms with Gasteiger partial charge >= 0.3 is 5.69 Å². The molecule has 0 saturated carbocycles.